The van der Waals surface area contributed by atoms with Crippen molar-refractivity contribution in [2.75, 3.05) is 13.7 Å². The Hall–Kier alpha value is -0.570. The summed E-state index contributed by atoms with van der Waals surface area (Å²) < 4.78 is 4.86. The van der Waals surface area contributed by atoms with Crippen molar-refractivity contribution in [2.24, 2.45) is 5.92 Å². The Labute approximate surface area is 170 Å². The van der Waals surface area contributed by atoms with Gasteiger partial charge in [0.15, 0.2) is 0 Å². The maximum absolute atomic E-state index is 11.7. The maximum atomic E-state index is 11.7. The molecule has 0 aromatic rings. The number of carbonyl (C=O) groups is 1. The number of methoxy groups -OCH3 is 1. The van der Waals surface area contributed by atoms with Crippen molar-refractivity contribution < 1.29 is 9.53 Å². The zero-order chi connectivity index (χ0) is 20.2. The number of hydrogen-bond acceptors (Lipinski definition) is 3. The molecule has 0 amide bonds. The summed E-state index contributed by atoms with van der Waals surface area (Å²) in [5.41, 5.74) is 0. The molecule has 1 N–H and O–H groups in total. The van der Waals surface area contributed by atoms with Crippen molar-refractivity contribution in [2.45, 2.75) is 130 Å². The summed E-state index contributed by atoms with van der Waals surface area (Å²) in [6.07, 6.45) is 22.2. The van der Waals surface area contributed by atoms with E-state index in [4.69, 9.17) is 4.74 Å². The topological polar surface area (TPSA) is 38.3 Å². The fourth-order valence-electron chi connectivity index (χ4n) is 3.65. The zero-order valence-electron chi connectivity index (χ0n) is 19.0. The monoisotopic (exact) mass is 383 g/mol. The van der Waals surface area contributed by atoms with E-state index in [1.165, 1.54) is 103 Å². The van der Waals surface area contributed by atoms with Crippen LogP contribution in [0.4, 0.5) is 0 Å². The highest BCUT2D eigenvalue weighted by molar-refractivity contribution is 5.75. The molecule has 3 heteroatoms. The molecule has 0 spiro atoms. The van der Waals surface area contributed by atoms with Crippen molar-refractivity contribution in [1.82, 2.24) is 5.32 Å². The lowest BCUT2D eigenvalue weighted by atomic mass is 10.0. The van der Waals surface area contributed by atoms with Gasteiger partial charge in [-0.05, 0) is 18.9 Å². The minimum Gasteiger partial charge on any atom is -0.468 e. The second-order valence-electron chi connectivity index (χ2n) is 8.50. The third kappa shape index (κ3) is 17.3. The van der Waals surface area contributed by atoms with Crippen molar-refractivity contribution in [3.05, 3.63) is 0 Å². The van der Waals surface area contributed by atoms with Gasteiger partial charge in [0.1, 0.15) is 6.04 Å². The highest BCUT2D eigenvalue weighted by Crippen LogP contribution is 2.13. The van der Waals surface area contributed by atoms with Gasteiger partial charge in [0, 0.05) is 0 Å². The number of carbonyl (C=O) groups excluding carboxylic acids is 1. The molecular weight excluding hydrogens is 334 g/mol. The third-order valence-corrected chi connectivity index (χ3v) is 5.52. The van der Waals surface area contributed by atoms with Crippen LogP contribution >= 0.6 is 0 Å². The Morgan fingerprint density at radius 3 is 1.41 bits per heavy atom. The van der Waals surface area contributed by atoms with Crippen LogP contribution in [0.15, 0.2) is 0 Å². The standard InChI is InChI=1S/C24H49NO2/c1-5-6-7-8-9-10-11-12-13-14-15-16-17-18-19-20-21-25-23(22(2)3)24(26)27-4/h22-23,25H,5-21H2,1-4H3. The first-order valence-electron chi connectivity index (χ1n) is 11.9. The van der Waals surface area contributed by atoms with Gasteiger partial charge in [-0.25, -0.2) is 0 Å². The van der Waals surface area contributed by atoms with Crippen LogP contribution in [0.3, 0.4) is 0 Å². The molecule has 0 aliphatic heterocycles. The number of nitrogens with one attached hydrogen (secondary N) is 1. The molecule has 0 bridgehead atoms. The molecule has 0 heterocycles. The maximum Gasteiger partial charge on any atom is 0.323 e. The molecule has 0 aliphatic carbocycles. The van der Waals surface area contributed by atoms with Crippen LogP contribution in [0.5, 0.6) is 0 Å². The van der Waals surface area contributed by atoms with Gasteiger partial charge in [-0.3, -0.25) is 4.79 Å². The summed E-state index contributed by atoms with van der Waals surface area (Å²) in [6, 6.07) is -0.161. The molecule has 0 rings (SSSR count). The fourth-order valence-corrected chi connectivity index (χ4v) is 3.65. The predicted molar refractivity (Wildman–Crippen MR) is 118 cm³/mol. The van der Waals surface area contributed by atoms with E-state index in [0.717, 1.165) is 13.0 Å². The van der Waals surface area contributed by atoms with E-state index >= 15 is 0 Å². The van der Waals surface area contributed by atoms with Gasteiger partial charge in [0.05, 0.1) is 7.11 Å². The van der Waals surface area contributed by atoms with Crippen LogP contribution in [0, 0.1) is 5.92 Å². The van der Waals surface area contributed by atoms with Gasteiger partial charge in [-0.2, -0.15) is 0 Å². The highest BCUT2D eigenvalue weighted by atomic mass is 16.5. The van der Waals surface area contributed by atoms with E-state index in [9.17, 15) is 4.79 Å². The highest BCUT2D eigenvalue weighted by Gasteiger charge is 2.21. The minimum absolute atomic E-state index is 0.138. The minimum atomic E-state index is -0.161. The average molecular weight is 384 g/mol. The first-order valence-corrected chi connectivity index (χ1v) is 11.9. The first kappa shape index (κ1) is 26.4. The zero-order valence-corrected chi connectivity index (χ0v) is 19.0. The van der Waals surface area contributed by atoms with Crippen LogP contribution < -0.4 is 5.32 Å². The van der Waals surface area contributed by atoms with Gasteiger partial charge in [0.25, 0.3) is 0 Å². The SMILES string of the molecule is CCCCCCCCCCCCCCCCCCNC(C(=O)OC)C(C)C. The summed E-state index contributed by atoms with van der Waals surface area (Å²) >= 11 is 0. The molecule has 0 radical (unpaired) electrons. The normalized spacial score (nSPS) is 12.5. The van der Waals surface area contributed by atoms with Gasteiger partial charge in [0.2, 0.25) is 0 Å². The Morgan fingerprint density at radius 2 is 1.07 bits per heavy atom. The molecule has 0 saturated heterocycles. The van der Waals surface area contributed by atoms with Crippen LogP contribution in [0.1, 0.15) is 124 Å². The molecule has 0 saturated carbocycles. The average Bonchev–Trinajstić information content (AvgIpc) is 2.66. The Kier molecular flexibility index (Phi) is 19.7. The van der Waals surface area contributed by atoms with Crippen LogP contribution in [-0.2, 0) is 9.53 Å². The largest absolute Gasteiger partial charge is 0.468 e. The molecule has 1 atom stereocenters. The summed E-state index contributed by atoms with van der Waals surface area (Å²) in [5.74, 6) is 0.139. The number of hydrogen-bond donors (Lipinski definition) is 1. The Bertz CT molecular complexity index is 318. The van der Waals surface area contributed by atoms with Gasteiger partial charge in [-0.15, -0.1) is 0 Å². The molecule has 3 nitrogen and oxygen atoms in total. The molecule has 27 heavy (non-hydrogen) atoms. The third-order valence-electron chi connectivity index (χ3n) is 5.52. The van der Waals surface area contributed by atoms with E-state index in [-0.39, 0.29) is 17.9 Å². The van der Waals surface area contributed by atoms with Crippen LogP contribution in [0.2, 0.25) is 0 Å². The number of unbranched alkanes of at least 4 members (excludes halogenated alkanes) is 15. The summed E-state index contributed by atoms with van der Waals surface area (Å²) in [4.78, 5) is 11.7. The lowest BCUT2D eigenvalue weighted by molar-refractivity contribution is -0.144. The number of rotatable bonds is 20. The molecule has 1 unspecified atom stereocenters. The Morgan fingerprint density at radius 1 is 0.704 bits per heavy atom. The van der Waals surface area contributed by atoms with Crippen molar-refractivity contribution in [3.63, 3.8) is 0 Å². The van der Waals surface area contributed by atoms with E-state index < -0.39 is 0 Å². The predicted octanol–water partition coefficient (Wildman–Crippen LogP) is 7.04. The van der Waals surface area contributed by atoms with Crippen molar-refractivity contribution in [1.29, 1.82) is 0 Å². The molecular formula is C24H49NO2. The van der Waals surface area contributed by atoms with Crippen LogP contribution in [-0.4, -0.2) is 25.7 Å². The van der Waals surface area contributed by atoms with Gasteiger partial charge >= 0.3 is 5.97 Å². The number of esters is 1. The van der Waals surface area contributed by atoms with E-state index in [2.05, 4.69) is 26.1 Å². The van der Waals surface area contributed by atoms with Gasteiger partial charge < -0.3 is 10.1 Å². The van der Waals surface area contributed by atoms with Gasteiger partial charge in [-0.1, -0.05) is 117 Å². The molecule has 0 aliphatic rings. The second-order valence-corrected chi connectivity index (χ2v) is 8.50. The molecule has 162 valence electrons. The summed E-state index contributed by atoms with van der Waals surface area (Å²) in [7, 11) is 1.47. The van der Waals surface area contributed by atoms with Crippen LogP contribution in [0.25, 0.3) is 0 Å². The van der Waals surface area contributed by atoms with Crippen molar-refractivity contribution in [3.8, 4) is 0 Å². The summed E-state index contributed by atoms with van der Waals surface area (Å²) in [5, 5.41) is 3.34. The lowest BCUT2D eigenvalue weighted by Gasteiger charge is -2.19. The fraction of sp³-hybridized carbons (Fsp3) is 0.958. The second kappa shape index (κ2) is 20.2. The molecule has 0 aromatic carbocycles. The molecule has 0 fully saturated rings. The lowest BCUT2D eigenvalue weighted by Crippen LogP contribution is -2.42. The number of ether oxygens (including phenoxy) is 1. The first-order chi connectivity index (χ1) is 13.1. The smallest absolute Gasteiger partial charge is 0.323 e. The Balaban J connectivity index is 3.26. The van der Waals surface area contributed by atoms with Crippen molar-refractivity contribution >= 4 is 5.97 Å². The summed E-state index contributed by atoms with van der Waals surface area (Å²) in [6.45, 7) is 7.31. The van der Waals surface area contributed by atoms with E-state index in [0.29, 0.717) is 0 Å². The van der Waals surface area contributed by atoms with E-state index in [1.54, 1.807) is 0 Å². The quantitative estimate of drug-likeness (QED) is 0.181. The van der Waals surface area contributed by atoms with E-state index in [1.807, 2.05) is 0 Å². The molecule has 0 aromatic heterocycles.